The van der Waals surface area contributed by atoms with Gasteiger partial charge < -0.3 is 9.53 Å². The summed E-state index contributed by atoms with van der Waals surface area (Å²) in [6, 6.07) is 0. The molecule has 0 spiro atoms. The fourth-order valence-electron chi connectivity index (χ4n) is 1.26. The summed E-state index contributed by atoms with van der Waals surface area (Å²) in [6.07, 6.45) is 8.43. The summed E-state index contributed by atoms with van der Waals surface area (Å²) in [6.45, 7) is 6.70. The molecular formula is C12H22O2. The lowest BCUT2D eigenvalue weighted by atomic mass is 10.0. The molecule has 2 atom stereocenters. The predicted molar refractivity (Wildman–Crippen MR) is 59.3 cm³/mol. The van der Waals surface area contributed by atoms with Gasteiger partial charge in [-0.1, -0.05) is 31.9 Å². The van der Waals surface area contributed by atoms with Gasteiger partial charge in [-0.3, -0.25) is 0 Å². The van der Waals surface area contributed by atoms with Crippen LogP contribution in [0.25, 0.3) is 0 Å². The Morgan fingerprint density at radius 3 is 2.57 bits per heavy atom. The first-order valence-electron chi connectivity index (χ1n) is 5.49. The number of hydrogen-bond donors (Lipinski definition) is 0. The molecule has 0 fully saturated rings. The molecule has 0 aromatic carbocycles. The Kier molecular flexibility index (Phi) is 8.54. The highest BCUT2D eigenvalue weighted by Gasteiger charge is 2.12. The summed E-state index contributed by atoms with van der Waals surface area (Å²) in [7, 11) is 0. The number of allylic oxidation sites excluding steroid dienone is 1. The van der Waals surface area contributed by atoms with Gasteiger partial charge in [0.05, 0.1) is 12.0 Å². The van der Waals surface area contributed by atoms with E-state index in [2.05, 4.69) is 13.0 Å². The lowest BCUT2D eigenvalue weighted by Gasteiger charge is -2.14. The molecule has 0 heterocycles. The predicted octanol–water partition coefficient (Wildman–Crippen LogP) is 2.97. The highest BCUT2D eigenvalue weighted by atomic mass is 16.5. The first kappa shape index (κ1) is 13.4. The number of aldehydes is 1. The number of rotatable bonds is 8. The van der Waals surface area contributed by atoms with Crippen LogP contribution in [0, 0.1) is 5.92 Å². The average molecular weight is 198 g/mol. The first-order valence-corrected chi connectivity index (χ1v) is 5.49. The summed E-state index contributed by atoms with van der Waals surface area (Å²) in [5.74, 6) is -0.0909. The zero-order valence-electron chi connectivity index (χ0n) is 9.53. The number of ether oxygens (including phenoxy) is 1. The zero-order chi connectivity index (χ0) is 10.8. The van der Waals surface area contributed by atoms with Gasteiger partial charge in [-0.25, -0.2) is 0 Å². The lowest BCUT2D eigenvalue weighted by molar-refractivity contribution is -0.113. The van der Waals surface area contributed by atoms with Crippen LogP contribution in [0.1, 0.15) is 40.0 Å². The van der Waals surface area contributed by atoms with Gasteiger partial charge in [0.2, 0.25) is 0 Å². The van der Waals surface area contributed by atoms with E-state index >= 15 is 0 Å². The molecule has 0 rings (SSSR count). The summed E-state index contributed by atoms with van der Waals surface area (Å²) < 4.78 is 5.37. The average Bonchev–Trinajstić information content (AvgIpc) is 2.18. The first-order chi connectivity index (χ1) is 6.76. The minimum absolute atomic E-state index is 0.00428. The third-order valence-electron chi connectivity index (χ3n) is 2.21. The van der Waals surface area contributed by atoms with Crippen molar-refractivity contribution in [1.82, 2.24) is 0 Å². The highest BCUT2D eigenvalue weighted by molar-refractivity contribution is 5.57. The topological polar surface area (TPSA) is 26.3 Å². The fraction of sp³-hybridized carbons (Fsp3) is 0.750. The van der Waals surface area contributed by atoms with Gasteiger partial charge in [-0.15, -0.1) is 0 Å². The second-order valence-electron chi connectivity index (χ2n) is 3.44. The largest absolute Gasteiger partial charge is 0.378 e. The van der Waals surface area contributed by atoms with E-state index in [9.17, 15) is 4.79 Å². The van der Waals surface area contributed by atoms with Crippen LogP contribution in [-0.2, 0) is 9.53 Å². The molecule has 2 nitrogen and oxygen atoms in total. The number of carbonyl (C=O) groups excluding carboxylic acids is 1. The summed E-state index contributed by atoms with van der Waals surface area (Å²) in [5.41, 5.74) is 0. The molecule has 0 saturated carbocycles. The fourth-order valence-corrected chi connectivity index (χ4v) is 1.26. The van der Waals surface area contributed by atoms with Gasteiger partial charge >= 0.3 is 0 Å². The molecule has 0 aromatic heterocycles. The Balaban J connectivity index is 3.87. The summed E-state index contributed by atoms with van der Waals surface area (Å²) in [4.78, 5) is 10.8. The lowest BCUT2D eigenvalue weighted by Crippen LogP contribution is -2.20. The van der Waals surface area contributed by atoms with E-state index in [0.29, 0.717) is 6.61 Å². The van der Waals surface area contributed by atoms with Crippen LogP contribution in [0.5, 0.6) is 0 Å². The number of unbranched alkanes of at least 4 members (excludes halogenated alkanes) is 2. The van der Waals surface area contributed by atoms with Crippen molar-refractivity contribution in [3.63, 3.8) is 0 Å². The Labute approximate surface area is 87.3 Å². The Hall–Kier alpha value is -0.630. The van der Waals surface area contributed by atoms with Crippen LogP contribution in [-0.4, -0.2) is 19.0 Å². The van der Waals surface area contributed by atoms with Crippen molar-refractivity contribution in [3.8, 4) is 0 Å². The van der Waals surface area contributed by atoms with Crippen molar-refractivity contribution in [3.05, 3.63) is 12.2 Å². The van der Waals surface area contributed by atoms with Crippen LogP contribution in [0.3, 0.4) is 0 Å². The molecule has 0 amide bonds. The van der Waals surface area contributed by atoms with Gasteiger partial charge in [0.1, 0.15) is 6.29 Å². The van der Waals surface area contributed by atoms with Crippen molar-refractivity contribution in [2.45, 2.75) is 46.1 Å². The molecule has 0 N–H and O–H groups in total. The molecule has 0 aliphatic carbocycles. The maximum Gasteiger partial charge on any atom is 0.129 e. The van der Waals surface area contributed by atoms with E-state index in [1.165, 1.54) is 12.8 Å². The van der Waals surface area contributed by atoms with Crippen LogP contribution in [0.2, 0.25) is 0 Å². The van der Waals surface area contributed by atoms with Crippen molar-refractivity contribution < 1.29 is 9.53 Å². The van der Waals surface area contributed by atoms with E-state index in [1.807, 2.05) is 19.9 Å². The van der Waals surface area contributed by atoms with Gasteiger partial charge in [-0.2, -0.15) is 0 Å². The molecule has 82 valence electrons. The number of hydrogen-bond acceptors (Lipinski definition) is 2. The molecule has 0 unspecified atom stereocenters. The molecule has 0 radical (unpaired) electrons. The van der Waals surface area contributed by atoms with Crippen LogP contribution >= 0.6 is 0 Å². The van der Waals surface area contributed by atoms with Gasteiger partial charge in [-0.05, 0) is 20.3 Å². The van der Waals surface area contributed by atoms with E-state index in [4.69, 9.17) is 4.74 Å². The Bertz CT molecular complexity index is 164. The summed E-state index contributed by atoms with van der Waals surface area (Å²) in [5, 5.41) is 0. The second-order valence-corrected chi connectivity index (χ2v) is 3.44. The van der Waals surface area contributed by atoms with E-state index in [-0.39, 0.29) is 12.0 Å². The quantitative estimate of drug-likeness (QED) is 0.340. The molecule has 14 heavy (non-hydrogen) atoms. The Morgan fingerprint density at radius 2 is 2.07 bits per heavy atom. The van der Waals surface area contributed by atoms with Gasteiger partial charge in [0.25, 0.3) is 0 Å². The molecule has 2 heteroatoms. The molecule has 0 saturated heterocycles. The van der Waals surface area contributed by atoms with Crippen molar-refractivity contribution in [1.29, 1.82) is 0 Å². The van der Waals surface area contributed by atoms with Crippen molar-refractivity contribution in [2.75, 3.05) is 6.61 Å². The zero-order valence-corrected chi connectivity index (χ0v) is 9.53. The SMILES string of the molecule is CCCC/C=C/[C@@H](C=O)[C@@H](C)OCC. The maximum atomic E-state index is 10.8. The molecule has 0 aliphatic heterocycles. The van der Waals surface area contributed by atoms with Gasteiger partial charge in [0, 0.05) is 6.61 Å². The van der Waals surface area contributed by atoms with Crippen LogP contribution in [0.4, 0.5) is 0 Å². The van der Waals surface area contributed by atoms with Crippen molar-refractivity contribution in [2.24, 2.45) is 5.92 Å². The van der Waals surface area contributed by atoms with E-state index in [0.717, 1.165) is 12.7 Å². The smallest absolute Gasteiger partial charge is 0.129 e. The van der Waals surface area contributed by atoms with Crippen LogP contribution < -0.4 is 0 Å². The molecular weight excluding hydrogens is 176 g/mol. The van der Waals surface area contributed by atoms with E-state index < -0.39 is 0 Å². The Morgan fingerprint density at radius 1 is 1.36 bits per heavy atom. The van der Waals surface area contributed by atoms with E-state index in [1.54, 1.807) is 0 Å². The minimum atomic E-state index is -0.0909. The van der Waals surface area contributed by atoms with Crippen LogP contribution in [0.15, 0.2) is 12.2 Å². The second kappa shape index (κ2) is 8.95. The highest BCUT2D eigenvalue weighted by Crippen LogP contribution is 2.08. The normalized spacial score (nSPS) is 15.6. The summed E-state index contributed by atoms with van der Waals surface area (Å²) >= 11 is 0. The maximum absolute atomic E-state index is 10.8. The van der Waals surface area contributed by atoms with Crippen molar-refractivity contribution >= 4 is 6.29 Å². The van der Waals surface area contributed by atoms with Gasteiger partial charge in [0.15, 0.2) is 0 Å². The molecule has 0 bridgehead atoms. The third-order valence-corrected chi connectivity index (χ3v) is 2.21. The molecule has 0 aromatic rings. The standard InChI is InChI=1S/C12H22O2/c1-4-6-7-8-9-12(10-13)11(3)14-5-2/h8-12H,4-7H2,1-3H3/b9-8+/t11-,12+/m1/s1. The third kappa shape index (κ3) is 5.92. The number of carbonyl (C=O) groups is 1. The minimum Gasteiger partial charge on any atom is -0.378 e. The molecule has 0 aliphatic rings. The monoisotopic (exact) mass is 198 g/mol.